The Labute approximate surface area is 190 Å². The summed E-state index contributed by atoms with van der Waals surface area (Å²) < 4.78 is 14.8. The van der Waals surface area contributed by atoms with Crippen molar-refractivity contribution in [1.82, 2.24) is 20.3 Å². The van der Waals surface area contributed by atoms with Crippen LogP contribution in [0, 0.1) is 11.7 Å². The first-order valence-electron chi connectivity index (χ1n) is 10.1. The molecule has 0 bridgehead atoms. The molecule has 0 saturated carbocycles. The van der Waals surface area contributed by atoms with Crippen molar-refractivity contribution in [2.45, 2.75) is 12.8 Å². The molecule has 0 aliphatic carbocycles. The number of hydrogen-bond acceptors (Lipinski definition) is 4. The van der Waals surface area contributed by atoms with Crippen molar-refractivity contribution in [2.24, 2.45) is 5.92 Å². The highest BCUT2D eigenvalue weighted by Gasteiger charge is 2.20. The van der Waals surface area contributed by atoms with Gasteiger partial charge in [0.15, 0.2) is 0 Å². The van der Waals surface area contributed by atoms with Crippen LogP contribution in [0.2, 0.25) is 5.02 Å². The molecular weight excluding hydrogens is 485 g/mol. The first-order valence-corrected chi connectivity index (χ1v) is 11.3. The van der Waals surface area contributed by atoms with Gasteiger partial charge < -0.3 is 20.6 Å². The Bertz CT molecular complexity index is 1310. The smallest absolute Gasteiger partial charge is 0.261 e. The molecule has 0 unspecified atom stereocenters. The minimum absolute atomic E-state index is 0.00819. The van der Waals surface area contributed by atoms with Gasteiger partial charge in [-0.05, 0) is 56.1 Å². The summed E-state index contributed by atoms with van der Waals surface area (Å²) in [5.41, 5.74) is 2.55. The Morgan fingerprint density at radius 1 is 1.16 bits per heavy atom. The Balaban J connectivity index is 1.67. The average Bonchev–Trinajstić information content (AvgIpc) is 3.15. The van der Waals surface area contributed by atoms with Gasteiger partial charge in [0.25, 0.3) is 5.56 Å². The number of aromatic amines is 2. The van der Waals surface area contributed by atoms with E-state index in [-0.39, 0.29) is 10.6 Å². The van der Waals surface area contributed by atoms with E-state index in [2.05, 4.69) is 41.5 Å². The number of pyridine rings is 1. The number of fused-ring (bicyclic) bond motifs is 2. The highest BCUT2D eigenvalue weighted by Crippen LogP contribution is 2.33. The Kier molecular flexibility index (Phi) is 5.45. The van der Waals surface area contributed by atoms with E-state index < -0.39 is 5.82 Å². The third-order valence-electron chi connectivity index (χ3n) is 5.76. The monoisotopic (exact) mass is 503 g/mol. The molecule has 160 valence electrons. The number of imidazole rings is 1. The second-order valence-corrected chi connectivity index (χ2v) is 9.16. The molecule has 1 fully saturated rings. The topological polar surface area (TPSA) is 85.6 Å². The van der Waals surface area contributed by atoms with Crippen LogP contribution < -0.4 is 16.2 Å². The van der Waals surface area contributed by atoms with Crippen LogP contribution in [-0.2, 0) is 0 Å². The van der Waals surface area contributed by atoms with Crippen LogP contribution in [0.15, 0.2) is 39.6 Å². The van der Waals surface area contributed by atoms with E-state index in [9.17, 15) is 9.18 Å². The molecule has 2 aromatic carbocycles. The number of anilines is 1. The largest absolute Gasteiger partial charge is 0.383 e. The number of benzene rings is 2. The number of nitrogens with one attached hydrogen (secondary N) is 4. The fraction of sp³-hybridized carbons (Fsp3) is 0.273. The van der Waals surface area contributed by atoms with Gasteiger partial charge in [-0.1, -0.05) is 27.5 Å². The van der Waals surface area contributed by atoms with Crippen molar-refractivity contribution in [1.29, 1.82) is 0 Å². The summed E-state index contributed by atoms with van der Waals surface area (Å²) in [6.45, 7) is 2.74. The van der Waals surface area contributed by atoms with Crippen LogP contribution in [0.5, 0.6) is 0 Å². The maximum atomic E-state index is 13.9. The summed E-state index contributed by atoms with van der Waals surface area (Å²) >= 11 is 9.45. The van der Waals surface area contributed by atoms with E-state index >= 15 is 0 Å². The second kappa shape index (κ2) is 8.26. The molecule has 6 nitrogen and oxygen atoms in total. The first-order chi connectivity index (χ1) is 15.0. The van der Waals surface area contributed by atoms with Gasteiger partial charge in [0, 0.05) is 22.5 Å². The van der Waals surface area contributed by atoms with Crippen LogP contribution >= 0.6 is 27.5 Å². The van der Waals surface area contributed by atoms with Gasteiger partial charge in [-0.25, -0.2) is 9.37 Å². The summed E-state index contributed by atoms with van der Waals surface area (Å²) in [6, 6.07) is 8.48. The molecule has 31 heavy (non-hydrogen) atoms. The average molecular weight is 505 g/mol. The predicted molar refractivity (Wildman–Crippen MR) is 126 cm³/mol. The fourth-order valence-corrected chi connectivity index (χ4v) is 4.65. The van der Waals surface area contributed by atoms with Gasteiger partial charge in [-0.3, -0.25) is 4.79 Å². The SMILES string of the molecule is O=c1[nH]c2ccc(Br)cc2c(NCC2CCNCC2)c1-c1nc2cc(Cl)c(F)cc2[nH]1. The van der Waals surface area contributed by atoms with Crippen molar-refractivity contribution >= 4 is 55.2 Å². The highest BCUT2D eigenvalue weighted by molar-refractivity contribution is 9.10. The zero-order chi connectivity index (χ0) is 21.5. The zero-order valence-electron chi connectivity index (χ0n) is 16.5. The molecule has 0 radical (unpaired) electrons. The van der Waals surface area contributed by atoms with Crippen molar-refractivity contribution in [3.05, 3.63) is 56.0 Å². The zero-order valence-corrected chi connectivity index (χ0v) is 18.8. The van der Waals surface area contributed by atoms with Gasteiger partial charge in [0.2, 0.25) is 0 Å². The van der Waals surface area contributed by atoms with Crippen LogP contribution in [0.25, 0.3) is 33.3 Å². The van der Waals surface area contributed by atoms with Crippen LogP contribution in [-0.4, -0.2) is 34.6 Å². The summed E-state index contributed by atoms with van der Waals surface area (Å²) in [7, 11) is 0. The molecule has 1 saturated heterocycles. The van der Waals surface area contributed by atoms with E-state index in [0.29, 0.717) is 34.0 Å². The lowest BCUT2D eigenvalue weighted by Gasteiger charge is -2.24. The molecule has 1 aliphatic heterocycles. The molecule has 0 amide bonds. The highest BCUT2D eigenvalue weighted by atomic mass is 79.9. The maximum Gasteiger partial charge on any atom is 0.261 e. The lowest BCUT2D eigenvalue weighted by Crippen LogP contribution is -2.31. The van der Waals surface area contributed by atoms with Gasteiger partial charge in [-0.2, -0.15) is 0 Å². The quantitative estimate of drug-likeness (QED) is 0.314. The molecule has 5 rings (SSSR count). The van der Waals surface area contributed by atoms with E-state index in [4.69, 9.17) is 11.6 Å². The molecule has 1 aliphatic rings. The normalized spacial score (nSPS) is 15.1. The van der Waals surface area contributed by atoms with Gasteiger partial charge in [0.05, 0.1) is 27.3 Å². The Hall–Kier alpha value is -2.42. The van der Waals surface area contributed by atoms with E-state index in [1.807, 2.05) is 18.2 Å². The number of hydrogen-bond donors (Lipinski definition) is 4. The molecule has 0 spiro atoms. The molecule has 2 aromatic heterocycles. The molecule has 0 atom stereocenters. The predicted octanol–water partition coefficient (Wildman–Crippen LogP) is 5.04. The molecule has 9 heteroatoms. The lowest BCUT2D eigenvalue weighted by molar-refractivity contribution is 0.390. The van der Waals surface area contributed by atoms with Gasteiger partial charge in [0.1, 0.15) is 17.2 Å². The van der Waals surface area contributed by atoms with Crippen LogP contribution in [0.4, 0.5) is 10.1 Å². The van der Waals surface area contributed by atoms with E-state index in [0.717, 1.165) is 47.9 Å². The van der Waals surface area contributed by atoms with Gasteiger partial charge >= 0.3 is 0 Å². The second-order valence-electron chi connectivity index (χ2n) is 7.84. The Morgan fingerprint density at radius 3 is 2.77 bits per heavy atom. The number of H-pyrrole nitrogens is 2. The first kappa shape index (κ1) is 20.5. The molecule has 4 N–H and O–H groups in total. The summed E-state index contributed by atoms with van der Waals surface area (Å²) in [4.78, 5) is 23.7. The van der Waals surface area contributed by atoms with Crippen molar-refractivity contribution < 1.29 is 4.39 Å². The van der Waals surface area contributed by atoms with E-state index in [1.165, 1.54) is 12.1 Å². The standard InChI is InChI=1S/C22H20BrClFN5O/c23-12-1-2-16-13(7-12)20(27-10-11-3-5-26-6-4-11)19(22(31)30-16)21-28-17-8-14(24)15(25)9-18(17)29-21/h1-2,7-9,11,26H,3-6,10H2,(H,28,29)(H2,27,30,31). The van der Waals surface area contributed by atoms with Crippen molar-refractivity contribution in [3.8, 4) is 11.4 Å². The number of nitrogens with zero attached hydrogens (tertiary/aromatic N) is 1. The lowest BCUT2D eigenvalue weighted by atomic mass is 9.97. The maximum absolute atomic E-state index is 13.9. The van der Waals surface area contributed by atoms with E-state index in [1.54, 1.807) is 0 Å². The van der Waals surface area contributed by atoms with Crippen molar-refractivity contribution in [2.75, 3.05) is 25.0 Å². The molecular formula is C22H20BrClFN5O. The Morgan fingerprint density at radius 2 is 1.97 bits per heavy atom. The van der Waals surface area contributed by atoms with Crippen LogP contribution in [0.3, 0.4) is 0 Å². The summed E-state index contributed by atoms with van der Waals surface area (Å²) in [5, 5.41) is 7.78. The third-order valence-corrected chi connectivity index (χ3v) is 6.55. The fourth-order valence-electron chi connectivity index (χ4n) is 4.13. The number of piperidine rings is 1. The number of halogens is 3. The van der Waals surface area contributed by atoms with Crippen LogP contribution in [0.1, 0.15) is 12.8 Å². The third kappa shape index (κ3) is 3.95. The molecule has 3 heterocycles. The number of rotatable bonds is 4. The van der Waals surface area contributed by atoms with Crippen molar-refractivity contribution in [3.63, 3.8) is 0 Å². The number of aromatic nitrogens is 3. The molecule has 4 aromatic rings. The minimum Gasteiger partial charge on any atom is -0.383 e. The summed E-state index contributed by atoms with van der Waals surface area (Å²) in [6.07, 6.45) is 2.16. The van der Waals surface area contributed by atoms with Gasteiger partial charge in [-0.15, -0.1) is 0 Å². The summed E-state index contributed by atoms with van der Waals surface area (Å²) in [5.74, 6) is 0.344. The minimum atomic E-state index is -0.537.